The molecule has 0 unspecified atom stereocenters. The lowest BCUT2D eigenvalue weighted by molar-refractivity contribution is 0.775. The summed E-state index contributed by atoms with van der Waals surface area (Å²) in [6.07, 6.45) is 0. The highest BCUT2D eigenvalue weighted by Crippen LogP contribution is 2.27. The first-order valence-electron chi connectivity index (χ1n) is 7.33. The summed E-state index contributed by atoms with van der Waals surface area (Å²) >= 11 is 0. The average molecular weight is 284 g/mol. The second-order valence-electron chi connectivity index (χ2n) is 5.68. The number of hydrogen-bond acceptors (Lipinski definition) is 4. The molecule has 0 saturated heterocycles. The number of aromatic nitrogens is 2. The Hall–Kier alpha value is -2.10. The second kappa shape index (κ2) is 6.12. The van der Waals surface area contributed by atoms with Crippen molar-refractivity contribution in [1.29, 1.82) is 0 Å². The molecule has 2 rings (SSSR count). The minimum absolute atomic E-state index is 0.289. The Morgan fingerprint density at radius 1 is 0.952 bits per heavy atom. The van der Waals surface area contributed by atoms with Gasteiger partial charge in [0.1, 0.15) is 17.5 Å². The Morgan fingerprint density at radius 2 is 1.62 bits per heavy atom. The molecule has 0 fully saturated rings. The smallest absolute Gasteiger partial charge is 0.139 e. The number of nitrogens with zero attached hydrogens (tertiary/aromatic N) is 2. The fourth-order valence-corrected chi connectivity index (χ4v) is 2.17. The molecule has 1 aromatic carbocycles. The molecule has 4 nitrogen and oxygen atoms in total. The van der Waals surface area contributed by atoms with E-state index in [2.05, 4.69) is 66.5 Å². The molecule has 0 spiro atoms. The first-order valence-corrected chi connectivity index (χ1v) is 7.33. The Bertz CT molecular complexity index is 647. The zero-order chi connectivity index (χ0) is 15.6. The monoisotopic (exact) mass is 284 g/mol. The molecule has 4 heteroatoms. The van der Waals surface area contributed by atoms with Crippen LogP contribution < -0.4 is 10.6 Å². The fourth-order valence-electron chi connectivity index (χ4n) is 2.17. The first kappa shape index (κ1) is 15.3. The van der Waals surface area contributed by atoms with Crippen LogP contribution in [0, 0.1) is 20.8 Å². The fraction of sp³-hybridized carbons (Fsp3) is 0.412. The van der Waals surface area contributed by atoms with Gasteiger partial charge in [0.25, 0.3) is 0 Å². The summed E-state index contributed by atoms with van der Waals surface area (Å²) in [6, 6.07) is 6.26. The maximum absolute atomic E-state index is 4.68. The van der Waals surface area contributed by atoms with Crippen LogP contribution in [0.1, 0.15) is 42.3 Å². The van der Waals surface area contributed by atoms with Crippen LogP contribution in [-0.2, 0) is 0 Å². The predicted molar refractivity (Wildman–Crippen MR) is 89.6 cm³/mol. The Morgan fingerprint density at radius 3 is 2.24 bits per heavy atom. The molecular weight excluding hydrogens is 260 g/mol. The van der Waals surface area contributed by atoms with Crippen molar-refractivity contribution >= 4 is 17.3 Å². The summed E-state index contributed by atoms with van der Waals surface area (Å²) in [4.78, 5) is 9.25. The van der Waals surface area contributed by atoms with Crippen molar-refractivity contribution in [1.82, 2.24) is 9.97 Å². The van der Waals surface area contributed by atoms with Crippen LogP contribution in [0.3, 0.4) is 0 Å². The van der Waals surface area contributed by atoms with Gasteiger partial charge < -0.3 is 10.6 Å². The third kappa shape index (κ3) is 3.15. The lowest BCUT2D eigenvalue weighted by Crippen LogP contribution is -2.09. The highest BCUT2D eigenvalue weighted by Gasteiger charge is 2.13. The van der Waals surface area contributed by atoms with Gasteiger partial charge in [0.05, 0.1) is 0 Å². The molecule has 2 aromatic rings. The third-order valence-corrected chi connectivity index (χ3v) is 3.77. The molecule has 0 aliphatic heterocycles. The number of benzene rings is 1. The van der Waals surface area contributed by atoms with Gasteiger partial charge in [-0.1, -0.05) is 26.0 Å². The molecule has 21 heavy (non-hydrogen) atoms. The summed E-state index contributed by atoms with van der Waals surface area (Å²) in [5, 5.41) is 6.61. The normalized spacial score (nSPS) is 10.8. The van der Waals surface area contributed by atoms with E-state index < -0.39 is 0 Å². The van der Waals surface area contributed by atoms with Crippen LogP contribution in [0.25, 0.3) is 0 Å². The molecule has 1 heterocycles. The van der Waals surface area contributed by atoms with Gasteiger partial charge >= 0.3 is 0 Å². The maximum atomic E-state index is 4.68. The molecule has 1 aromatic heterocycles. The van der Waals surface area contributed by atoms with Crippen molar-refractivity contribution in [3.05, 3.63) is 40.7 Å². The van der Waals surface area contributed by atoms with E-state index in [9.17, 15) is 0 Å². The third-order valence-electron chi connectivity index (χ3n) is 3.77. The van der Waals surface area contributed by atoms with E-state index in [1.54, 1.807) is 0 Å². The van der Waals surface area contributed by atoms with Crippen LogP contribution in [0.5, 0.6) is 0 Å². The molecule has 0 saturated carbocycles. The van der Waals surface area contributed by atoms with Crippen molar-refractivity contribution in [3.63, 3.8) is 0 Å². The standard InChI is InChI=1S/C17H24N4/c1-10(2)15-20-16(18-6)13(5)17(21-15)19-14-9-7-8-11(3)12(14)4/h7-10H,1-6H3,(H2,18,19,20,21). The van der Waals surface area contributed by atoms with E-state index in [0.717, 1.165) is 28.7 Å². The van der Waals surface area contributed by atoms with Gasteiger partial charge in [0, 0.05) is 24.2 Å². The summed E-state index contributed by atoms with van der Waals surface area (Å²) in [5.74, 6) is 2.88. The van der Waals surface area contributed by atoms with Crippen molar-refractivity contribution in [3.8, 4) is 0 Å². The molecule has 0 radical (unpaired) electrons. The van der Waals surface area contributed by atoms with Gasteiger partial charge in [0.15, 0.2) is 0 Å². The Labute approximate surface area is 127 Å². The lowest BCUT2D eigenvalue weighted by atomic mass is 10.1. The zero-order valence-electron chi connectivity index (χ0n) is 13.7. The van der Waals surface area contributed by atoms with E-state index in [0.29, 0.717) is 0 Å². The van der Waals surface area contributed by atoms with Crippen LogP contribution >= 0.6 is 0 Å². The van der Waals surface area contributed by atoms with Crippen molar-refractivity contribution in [2.24, 2.45) is 0 Å². The SMILES string of the molecule is CNc1nc(C(C)C)nc(Nc2cccc(C)c2C)c1C. The van der Waals surface area contributed by atoms with Crippen molar-refractivity contribution < 1.29 is 0 Å². The molecule has 0 atom stereocenters. The van der Waals surface area contributed by atoms with E-state index >= 15 is 0 Å². The van der Waals surface area contributed by atoms with Crippen LogP contribution in [0.2, 0.25) is 0 Å². The lowest BCUT2D eigenvalue weighted by Gasteiger charge is -2.17. The Kier molecular flexibility index (Phi) is 4.46. The van der Waals surface area contributed by atoms with E-state index in [4.69, 9.17) is 0 Å². The van der Waals surface area contributed by atoms with Crippen LogP contribution in [0.15, 0.2) is 18.2 Å². The molecule has 112 valence electrons. The second-order valence-corrected chi connectivity index (χ2v) is 5.68. The van der Waals surface area contributed by atoms with Gasteiger partial charge in [-0.05, 0) is 38.0 Å². The number of hydrogen-bond donors (Lipinski definition) is 2. The summed E-state index contributed by atoms with van der Waals surface area (Å²) in [6.45, 7) is 10.5. The molecule has 0 amide bonds. The van der Waals surface area contributed by atoms with Crippen LogP contribution in [-0.4, -0.2) is 17.0 Å². The summed E-state index contributed by atoms with van der Waals surface area (Å²) < 4.78 is 0. The van der Waals surface area contributed by atoms with Gasteiger partial charge in [-0.25, -0.2) is 9.97 Å². The average Bonchev–Trinajstić information content (AvgIpc) is 2.45. The van der Waals surface area contributed by atoms with Crippen molar-refractivity contribution in [2.75, 3.05) is 17.7 Å². The van der Waals surface area contributed by atoms with Gasteiger partial charge in [-0.15, -0.1) is 0 Å². The highest BCUT2D eigenvalue weighted by atomic mass is 15.1. The summed E-state index contributed by atoms with van der Waals surface area (Å²) in [5.41, 5.74) is 4.63. The van der Waals surface area contributed by atoms with Gasteiger partial charge in [-0.3, -0.25) is 0 Å². The van der Waals surface area contributed by atoms with Gasteiger partial charge in [-0.2, -0.15) is 0 Å². The maximum Gasteiger partial charge on any atom is 0.139 e. The minimum atomic E-state index is 0.289. The molecule has 0 aliphatic rings. The number of aryl methyl sites for hydroxylation is 1. The van der Waals surface area contributed by atoms with Gasteiger partial charge in [0.2, 0.25) is 0 Å². The number of rotatable bonds is 4. The molecular formula is C17H24N4. The molecule has 2 N–H and O–H groups in total. The summed E-state index contributed by atoms with van der Waals surface area (Å²) in [7, 11) is 1.89. The highest BCUT2D eigenvalue weighted by molar-refractivity contribution is 5.67. The zero-order valence-corrected chi connectivity index (χ0v) is 13.7. The Balaban J connectivity index is 2.48. The largest absolute Gasteiger partial charge is 0.373 e. The molecule has 0 bridgehead atoms. The number of anilines is 3. The van der Waals surface area contributed by atoms with E-state index in [-0.39, 0.29) is 5.92 Å². The van der Waals surface area contributed by atoms with Crippen LogP contribution in [0.4, 0.5) is 17.3 Å². The first-order chi connectivity index (χ1) is 9.93. The topological polar surface area (TPSA) is 49.8 Å². The van der Waals surface area contributed by atoms with E-state index in [1.165, 1.54) is 11.1 Å². The van der Waals surface area contributed by atoms with E-state index in [1.807, 2.05) is 14.0 Å². The predicted octanol–water partition coefficient (Wildman–Crippen LogP) is 4.31. The quantitative estimate of drug-likeness (QED) is 0.878. The number of nitrogens with one attached hydrogen (secondary N) is 2. The molecule has 0 aliphatic carbocycles. The van der Waals surface area contributed by atoms with Crippen molar-refractivity contribution in [2.45, 2.75) is 40.5 Å². The minimum Gasteiger partial charge on any atom is -0.373 e.